The predicted molar refractivity (Wildman–Crippen MR) is 69.4 cm³/mol. The van der Waals surface area contributed by atoms with Gasteiger partial charge < -0.3 is 14.9 Å². The van der Waals surface area contributed by atoms with Gasteiger partial charge in [-0.15, -0.1) is 39.5 Å². The van der Waals surface area contributed by atoms with Gasteiger partial charge in [-0.3, -0.25) is 0 Å². The van der Waals surface area contributed by atoms with E-state index in [4.69, 9.17) is 10.2 Å². The SMILES string of the molecule is C=C.C=C.C=C.C=COC=C.OCCO. The van der Waals surface area contributed by atoms with E-state index in [1.54, 1.807) is 0 Å². The van der Waals surface area contributed by atoms with E-state index in [1.807, 2.05) is 0 Å². The van der Waals surface area contributed by atoms with E-state index in [0.29, 0.717) is 0 Å². The summed E-state index contributed by atoms with van der Waals surface area (Å²) in [5.41, 5.74) is 0. The third-order valence-electron chi connectivity index (χ3n) is 0.292. The first kappa shape index (κ1) is 29.2. The van der Waals surface area contributed by atoms with Crippen molar-refractivity contribution >= 4 is 0 Å². The van der Waals surface area contributed by atoms with Crippen LogP contribution in [0.5, 0.6) is 0 Å². The summed E-state index contributed by atoms with van der Waals surface area (Å²) in [6.45, 7) is 24.3. The van der Waals surface area contributed by atoms with Gasteiger partial charge in [-0.2, -0.15) is 0 Å². The molecule has 0 saturated carbocycles. The minimum absolute atomic E-state index is 0.125. The standard InChI is InChI=1S/C4H6O.C2H6O2.3C2H4/c1-3-5-4-2;3-1-2-4;3*1-2/h3-4H,1-2H2;3-4H,1-2H2;3*1-2H2. The molecule has 0 spiro atoms. The van der Waals surface area contributed by atoms with E-state index in [1.165, 1.54) is 12.5 Å². The normalized spacial score (nSPS) is 4.67. The summed E-state index contributed by atoms with van der Waals surface area (Å²) in [5.74, 6) is 0. The molecule has 0 aliphatic rings. The van der Waals surface area contributed by atoms with Gasteiger partial charge >= 0.3 is 0 Å². The van der Waals surface area contributed by atoms with Gasteiger partial charge in [0.2, 0.25) is 0 Å². The second-order valence-corrected chi connectivity index (χ2v) is 0.917. The second kappa shape index (κ2) is 138. The summed E-state index contributed by atoms with van der Waals surface area (Å²) in [6, 6.07) is 0. The molecule has 0 fully saturated rings. The van der Waals surface area contributed by atoms with Crippen LogP contribution < -0.4 is 0 Å². The molecule has 3 heteroatoms. The van der Waals surface area contributed by atoms with Gasteiger partial charge in [0.25, 0.3) is 0 Å². The van der Waals surface area contributed by atoms with Crippen molar-refractivity contribution in [2.75, 3.05) is 13.2 Å². The van der Waals surface area contributed by atoms with Crippen LogP contribution in [-0.2, 0) is 4.74 Å². The Kier molecular flexibility index (Phi) is 270. The molecule has 0 atom stereocenters. The number of aliphatic hydroxyl groups excluding tert-OH is 2. The molecule has 0 aromatic carbocycles. The average molecular weight is 216 g/mol. The number of rotatable bonds is 3. The fourth-order valence-corrected chi connectivity index (χ4v) is 0.0680. The van der Waals surface area contributed by atoms with E-state index < -0.39 is 0 Å². The molecular formula is C12H24O3. The van der Waals surface area contributed by atoms with Gasteiger partial charge in [0, 0.05) is 0 Å². The minimum atomic E-state index is -0.125. The Hall–Kier alpha value is -1.58. The Morgan fingerprint density at radius 2 is 0.933 bits per heavy atom. The zero-order chi connectivity index (χ0) is 13.5. The first-order valence-corrected chi connectivity index (χ1v) is 3.92. The summed E-state index contributed by atoms with van der Waals surface area (Å²) in [5, 5.41) is 15.2. The molecule has 0 saturated heterocycles. The fourth-order valence-electron chi connectivity index (χ4n) is 0.0680. The third kappa shape index (κ3) is 669. The van der Waals surface area contributed by atoms with Crippen LogP contribution in [0.2, 0.25) is 0 Å². The summed E-state index contributed by atoms with van der Waals surface area (Å²) in [7, 11) is 0. The lowest BCUT2D eigenvalue weighted by Gasteiger charge is -1.76. The molecule has 90 valence electrons. The smallest absolute Gasteiger partial charge is 0.0829 e. The maximum Gasteiger partial charge on any atom is 0.0829 e. The summed E-state index contributed by atoms with van der Waals surface area (Å²) >= 11 is 0. The van der Waals surface area contributed by atoms with Crippen LogP contribution in [0.3, 0.4) is 0 Å². The summed E-state index contributed by atoms with van der Waals surface area (Å²) in [4.78, 5) is 0. The van der Waals surface area contributed by atoms with Crippen molar-refractivity contribution in [3.63, 3.8) is 0 Å². The molecule has 0 heterocycles. The van der Waals surface area contributed by atoms with Crippen LogP contribution in [-0.4, -0.2) is 23.4 Å². The van der Waals surface area contributed by atoms with Crippen LogP contribution in [0.25, 0.3) is 0 Å². The first-order valence-electron chi connectivity index (χ1n) is 3.92. The topological polar surface area (TPSA) is 49.7 Å². The zero-order valence-corrected chi connectivity index (χ0v) is 9.53. The molecule has 0 rings (SSSR count). The number of aliphatic hydroxyl groups is 2. The number of hydrogen-bond donors (Lipinski definition) is 2. The first-order chi connectivity index (χ1) is 7.33. The Morgan fingerprint density at radius 3 is 0.933 bits per heavy atom. The Labute approximate surface area is 94.0 Å². The highest BCUT2D eigenvalue weighted by molar-refractivity contribution is 4.57. The Balaban J connectivity index is -0.0000000301. The van der Waals surface area contributed by atoms with E-state index in [2.05, 4.69) is 57.4 Å². The van der Waals surface area contributed by atoms with Gasteiger partial charge in [0.15, 0.2) is 0 Å². The third-order valence-corrected chi connectivity index (χ3v) is 0.292. The lowest BCUT2D eigenvalue weighted by atomic mass is 10.8. The lowest BCUT2D eigenvalue weighted by Crippen LogP contribution is -1.85. The van der Waals surface area contributed by atoms with Crippen LogP contribution in [0.15, 0.2) is 65.2 Å². The zero-order valence-electron chi connectivity index (χ0n) is 9.53. The maximum absolute atomic E-state index is 7.62. The van der Waals surface area contributed by atoms with Crippen molar-refractivity contribution in [2.45, 2.75) is 0 Å². The molecule has 0 bridgehead atoms. The summed E-state index contributed by atoms with van der Waals surface area (Å²) in [6.07, 6.45) is 2.62. The van der Waals surface area contributed by atoms with Gasteiger partial charge in [0.1, 0.15) is 0 Å². The highest BCUT2D eigenvalue weighted by Gasteiger charge is 1.58. The average Bonchev–Trinajstić information content (AvgIpc) is 2.38. The van der Waals surface area contributed by atoms with Crippen LogP contribution in [0.4, 0.5) is 0 Å². The molecule has 0 aromatic rings. The van der Waals surface area contributed by atoms with Crippen molar-refractivity contribution in [2.24, 2.45) is 0 Å². The highest BCUT2D eigenvalue weighted by atomic mass is 16.5. The number of hydrogen-bond acceptors (Lipinski definition) is 3. The van der Waals surface area contributed by atoms with Crippen LogP contribution in [0, 0.1) is 0 Å². The van der Waals surface area contributed by atoms with E-state index >= 15 is 0 Å². The molecule has 0 radical (unpaired) electrons. The van der Waals surface area contributed by atoms with Gasteiger partial charge in [-0.1, -0.05) is 13.2 Å². The molecule has 0 aromatic heterocycles. The van der Waals surface area contributed by atoms with Crippen LogP contribution >= 0.6 is 0 Å². The molecule has 0 aliphatic heterocycles. The molecule has 0 amide bonds. The maximum atomic E-state index is 7.62. The fraction of sp³-hybridized carbons (Fsp3) is 0.167. The van der Waals surface area contributed by atoms with Gasteiger partial charge in [0.05, 0.1) is 25.7 Å². The Bertz CT molecular complexity index is 80.1. The molecule has 3 nitrogen and oxygen atoms in total. The summed E-state index contributed by atoms with van der Waals surface area (Å²) < 4.78 is 4.36. The van der Waals surface area contributed by atoms with E-state index in [0.717, 1.165) is 0 Å². The largest absolute Gasteiger partial charge is 0.474 e. The van der Waals surface area contributed by atoms with Crippen molar-refractivity contribution in [1.29, 1.82) is 0 Å². The molecule has 0 aliphatic carbocycles. The minimum Gasteiger partial charge on any atom is -0.474 e. The molecule has 2 N–H and O–H groups in total. The second-order valence-electron chi connectivity index (χ2n) is 0.917. The van der Waals surface area contributed by atoms with E-state index in [9.17, 15) is 0 Å². The molecular weight excluding hydrogens is 192 g/mol. The quantitative estimate of drug-likeness (QED) is 0.563. The monoisotopic (exact) mass is 216 g/mol. The Morgan fingerprint density at radius 1 is 0.733 bits per heavy atom. The predicted octanol–water partition coefficient (Wildman–Crippen LogP) is 2.67. The van der Waals surface area contributed by atoms with Crippen molar-refractivity contribution in [3.8, 4) is 0 Å². The van der Waals surface area contributed by atoms with Gasteiger partial charge in [-0.25, -0.2) is 0 Å². The van der Waals surface area contributed by atoms with Gasteiger partial charge in [-0.05, 0) is 0 Å². The van der Waals surface area contributed by atoms with Crippen molar-refractivity contribution in [1.82, 2.24) is 0 Å². The van der Waals surface area contributed by atoms with Crippen LogP contribution in [0.1, 0.15) is 0 Å². The number of ether oxygens (including phenoxy) is 1. The molecule has 0 unspecified atom stereocenters. The van der Waals surface area contributed by atoms with Crippen molar-refractivity contribution < 1.29 is 14.9 Å². The lowest BCUT2D eigenvalue weighted by molar-refractivity contribution is 0.186. The highest BCUT2D eigenvalue weighted by Crippen LogP contribution is 1.65. The molecule has 15 heavy (non-hydrogen) atoms. The van der Waals surface area contributed by atoms with Crippen molar-refractivity contribution in [3.05, 3.63) is 65.2 Å². The van der Waals surface area contributed by atoms with E-state index in [-0.39, 0.29) is 13.2 Å².